The Hall–Kier alpha value is -0.300. The molecule has 0 atom stereocenters. The second kappa shape index (κ2) is 3.91. The molecule has 0 saturated carbocycles. The van der Waals surface area contributed by atoms with Crippen LogP contribution in [0.5, 0.6) is 0 Å². The molecule has 0 aliphatic carbocycles. The predicted octanol–water partition coefficient (Wildman–Crippen LogP) is 0.135. The first-order valence-electron chi connectivity index (χ1n) is 3.15. The minimum atomic E-state index is -3.00. The number of carbonyl (C=O) groups is 1. The lowest BCUT2D eigenvalue weighted by molar-refractivity contribution is -0.115. The largest absolute Gasteiger partial charge is 0.368 e. The van der Waals surface area contributed by atoms with Crippen molar-refractivity contribution in [1.82, 2.24) is 4.72 Å². The van der Waals surface area contributed by atoms with Gasteiger partial charge >= 0.3 is 0 Å². The summed E-state index contributed by atoms with van der Waals surface area (Å²) in [5.74, 6) is -1.15. The van der Waals surface area contributed by atoms with Gasteiger partial charge in [0.1, 0.15) is 5.75 Å². The van der Waals surface area contributed by atoms with Gasteiger partial charge in [-0.15, -0.1) is 10.8 Å². The molecule has 11 heavy (non-hydrogen) atoms. The Morgan fingerprint density at radius 1 is 1.64 bits per heavy atom. The molecule has 0 aliphatic heterocycles. The van der Waals surface area contributed by atoms with E-state index < -0.39 is 22.4 Å². The summed E-state index contributed by atoms with van der Waals surface area (Å²) < 4.78 is 20.6. The van der Waals surface area contributed by atoms with Gasteiger partial charge in [-0.2, -0.15) is 0 Å². The van der Waals surface area contributed by atoms with Gasteiger partial charge in [0.2, 0.25) is 5.91 Å². The average Bonchev–Trinajstić information content (AvgIpc) is 1.53. The zero-order valence-electron chi connectivity index (χ0n) is 6.57. The van der Waals surface area contributed by atoms with Crippen LogP contribution in [0.2, 0.25) is 0 Å². The topological polar surface area (TPSA) is 95.6 Å². The SMILES string of the molecule is CC(C)NS(O)(O)CC(N)=O. The number of rotatable bonds is 4. The van der Waals surface area contributed by atoms with E-state index in [1.807, 2.05) is 0 Å². The van der Waals surface area contributed by atoms with Crippen molar-refractivity contribution < 1.29 is 13.9 Å². The van der Waals surface area contributed by atoms with E-state index in [9.17, 15) is 4.79 Å². The molecule has 5 N–H and O–H groups in total. The third kappa shape index (κ3) is 6.11. The zero-order valence-corrected chi connectivity index (χ0v) is 7.39. The quantitative estimate of drug-likeness (QED) is 0.497. The molecule has 0 rings (SSSR count). The fraction of sp³-hybridized carbons (Fsp3) is 0.800. The molecule has 0 saturated heterocycles. The van der Waals surface area contributed by atoms with E-state index in [1.54, 1.807) is 13.8 Å². The molecule has 0 fully saturated rings. The number of nitrogens with two attached hydrogens (primary N) is 1. The molecule has 5 nitrogen and oxygen atoms in total. The van der Waals surface area contributed by atoms with Gasteiger partial charge in [-0.05, 0) is 13.8 Å². The molecule has 0 aliphatic rings. The number of amides is 1. The second-order valence-corrected chi connectivity index (χ2v) is 4.41. The van der Waals surface area contributed by atoms with Crippen LogP contribution < -0.4 is 10.5 Å². The van der Waals surface area contributed by atoms with Crippen LogP contribution in [0.15, 0.2) is 0 Å². The lowest BCUT2D eigenvalue weighted by Crippen LogP contribution is -2.33. The molecule has 68 valence electrons. The molecule has 0 spiro atoms. The highest BCUT2D eigenvalue weighted by molar-refractivity contribution is 8.23. The summed E-state index contributed by atoms with van der Waals surface area (Å²) >= 11 is 0. The number of hydrogen-bond acceptors (Lipinski definition) is 4. The Bertz CT molecular complexity index is 149. The van der Waals surface area contributed by atoms with E-state index in [0.717, 1.165) is 0 Å². The monoisotopic (exact) mass is 182 g/mol. The van der Waals surface area contributed by atoms with E-state index in [-0.39, 0.29) is 6.04 Å². The third-order valence-corrected chi connectivity index (χ3v) is 2.30. The summed E-state index contributed by atoms with van der Waals surface area (Å²) in [4.78, 5) is 10.3. The highest BCUT2D eigenvalue weighted by atomic mass is 32.3. The summed E-state index contributed by atoms with van der Waals surface area (Å²) in [5.41, 5.74) is 4.78. The summed E-state index contributed by atoms with van der Waals surface area (Å²) in [6.45, 7) is 3.49. The number of hydrogen-bond donors (Lipinski definition) is 4. The van der Waals surface area contributed by atoms with Crippen LogP contribution in [0.1, 0.15) is 13.8 Å². The van der Waals surface area contributed by atoms with Crippen LogP contribution in [0.4, 0.5) is 0 Å². The van der Waals surface area contributed by atoms with Gasteiger partial charge in [-0.1, -0.05) is 0 Å². The highest BCUT2D eigenvalue weighted by Gasteiger charge is 2.15. The Morgan fingerprint density at radius 2 is 2.09 bits per heavy atom. The van der Waals surface area contributed by atoms with Crippen LogP contribution >= 0.6 is 10.8 Å². The van der Waals surface area contributed by atoms with Crippen LogP contribution in [0, 0.1) is 0 Å². The summed E-state index contributed by atoms with van der Waals surface area (Å²) in [6.07, 6.45) is 0. The van der Waals surface area contributed by atoms with Crippen molar-refractivity contribution >= 4 is 16.7 Å². The lowest BCUT2D eigenvalue weighted by Gasteiger charge is -2.33. The van der Waals surface area contributed by atoms with Crippen LogP contribution in [0.25, 0.3) is 0 Å². The second-order valence-electron chi connectivity index (χ2n) is 2.55. The fourth-order valence-electron chi connectivity index (χ4n) is 0.618. The first-order valence-corrected chi connectivity index (χ1v) is 4.86. The molecule has 1 amide bonds. The molecular formula is C5H14N2O3S. The maximum Gasteiger partial charge on any atom is 0.238 e. The molecule has 0 unspecified atom stereocenters. The van der Waals surface area contributed by atoms with Crippen molar-refractivity contribution in [2.24, 2.45) is 5.73 Å². The van der Waals surface area contributed by atoms with Gasteiger partial charge in [0, 0.05) is 6.04 Å². The summed E-state index contributed by atoms with van der Waals surface area (Å²) in [6, 6.07) is -0.0839. The average molecular weight is 182 g/mol. The molecular weight excluding hydrogens is 168 g/mol. The van der Waals surface area contributed by atoms with Gasteiger partial charge in [-0.25, -0.2) is 4.72 Å². The maximum atomic E-state index is 10.3. The smallest absolute Gasteiger partial charge is 0.238 e. The Labute approximate surface area is 67.5 Å². The van der Waals surface area contributed by atoms with Gasteiger partial charge in [0.05, 0.1) is 0 Å². The highest BCUT2D eigenvalue weighted by Crippen LogP contribution is 2.32. The van der Waals surface area contributed by atoms with Gasteiger partial charge in [0.15, 0.2) is 0 Å². The molecule has 0 aromatic carbocycles. The van der Waals surface area contributed by atoms with Crippen LogP contribution in [0.3, 0.4) is 0 Å². The van der Waals surface area contributed by atoms with Crippen molar-refractivity contribution in [3.63, 3.8) is 0 Å². The maximum absolute atomic E-state index is 10.3. The molecule has 0 aromatic heterocycles. The van der Waals surface area contributed by atoms with Crippen molar-refractivity contribution in [2.45, 2.75) is 19.9 Å². The van der Waals surface area contributed by atoms with Crippen LogP contribution in [-0.2, 0) is 4.79 Å². The van der Waals surface area contributed by atoms with Gasteiger partial charge in [0.25, 0.3) is 0 Å². The van der Waals surface area contributed by atoms with Crippen molar-refractivity contribution in [1.29, 1.82) is 0 Å². The first-order chi connectivity index (χ1) is 4.83. The minimum absolute atomic E-state index is 0.0839. The van der Waals surface area contributed by atoms with E-state index in [0.29, 0.717) is 0 Å². The summed E-state index contributed by atoms with van der Waals surface area (Å²) in [5, 5.41) is 0. The van der Waals surface area contributed by atoms with Gasteiger partial charge in [-0.3, -0.25) is 13.9 Å². The number of primary amides is 1. The van der Waals surface area contributed by atoms with Gasteiger partial charge < -0.3 is 5.73 Å². The van der Waals surface area contributed by atoms with E-state index in [4.69, 9.17) is 14.8 Å². The van der Waals surface area contributed by atoms with Crippen molar-refractivity contribution in [2.75, 3.05) is 5.75 Å². The number of nitrogens with one attached hydrogen (secondary N) is 1. The lowest BCUT2D eigenvalue weighted by atomic mass is 10.4. The Balaban J connectivity index is 3.89. The third-order valence-electron chi connectivity index (χ3n) is 0.768. The normalized spacial score (nSPS) is 13.5. The van der Waals surface area contributed by atoms with E-state index >= 15 is 0 Å². The molecule has 0 bridgehead atoms. The predicted molar refractivity (Wildman–Crippen MR) is 45.2 cm³/mol. The van der Waals surface area contributed by atoms with Crippen molar-refractivity contribution in [3.8, 4) is 0 Å². The van der Waals surface area contributed by atoms with Crippen LogP contribution in [-0.4, -0.2) is 26.8 Å². The molecule has 0 aromatic rings. The molecule has 6 heteroatoms. The van der Waals surface area contributed by atoms with Crippen molar-refractivity contribution in [3.05, 3.63) is 0 Å². The minimum Gasteiger partial charge on any atom is -0.368 e. The Morgan fingerprint density at radius 3 is 2.36 bits per heavy atom. The first kappa shape index (κ1) is 10.7. The fourth-order valence-corrected chi connectivity index (χ4v) is 1.85. The van der Waals surface area contributed by atoms with E-state index in [1.165, 1.54) is 0 Å². The zero-order chi connectivity index (χ0) is 9.07. The molecule has 0 radical (unpaired) electrons. The number of carbonyl (C=O) groups excluding carboxylic acids is 1. The summed E-state index contributed by atoms with van der Waals surface area (Å²) in [7, 11) is -3.00. The Kier molecular flexibility index (Phi) is 3.81. The molecule has 0 heterocycles. The van der Waals surface area contributed by atoms with E-state index in [2.05, 4.69) is 4.72 Å². The standard InChI is InChI=1S/C5H14N2O3S/c1-4(2)7-11(9,10)3-5(6)8/h4,7,9-10H,3H2,1-2H3,(H2,6,8).